The van der Waals surface area contributed by atoms with Gasteiger partial charge in [-0.05, 0) is 38.3 Å². The van der Waals surface area contributed by atoms with Crippen molar-refractivity contribution in [1.29, 1.82) is 0 Å². The van der Waals surface area contributed by atoms with Crippen LogP contribution in [0.4, 0.5) is 0 Å². The number of aromatic nitrogens is 2. The van der Waals surface area contributed by atoms with Crippen molar-refractivity contribution in [2.75, 3.05) is 6.54 Å². The van der Waals surface area contributed by atoms with Crippen LogP contribution in [0.1, 0.15) is 56.0 Å². The lowest BCUT2D eigenvalue weighted by Gasteiger charge is -2.34. The summed E-state index contributed by atoms with van der Waals surface area (Å²) in [5, 5.41) is 0.770. The van der Waals surface area contributed by atoms with E-state index >= 15 is 0 Å². The van der Waals surface area contributed by atoms with Crippen molar-refractivity contribution in [2.24, 2.45) is 5.73 Å². The summed E-state index contributed by atoms with van der Waals surface area (Å²) in [6, 6.07) is 3.53. The normalized spacial score (nSPS) is 18.0. The first-order valence-corrected chi connectivity index (χ1v) is 8.37. The number of likely N-dealkylation sites (tertiary alicyclic amines) is 1. The van der Waals surface area contributed by atoms with E-state index in [1.165, 1.54) is 17.5 Å². The average Bonchev–Trinajstić information content (AvgIpc) is 3.05. The van der Waals surface area contributed by atoms with E-state index < -0.39 is 5.91 Å². The number of rotatable bonds is 3. The predicted octanol–water partition coefficient (Wildman–Crippen LogP) is 2.31. The maximum Gasteiger partial charge on any atom is 0.260 e. The van der Waals surface area contributed by atoms with Crippen molar-refractivity contribution in [3.05, 3.63) is 45.7 Å². The van der Waals surface area contributed by atoms with E-state index in [1.54, 1.807) is 12.3 Å². The SMILES string of the molecule is Cc1ccc(C(=O)N2CCCC[C@@H]2c2ncc(C(N)=O)s2)cn1. The molecule has 0 saturated carbocycles. The molecule has 0 bridgehead atoms. The summed E-state index contributed by atoms with van der Waals surface area (Å²) in [6.07, 6.45) is 5.95. The smallest absolute Gasteiger partial charge is 0.260 e. The number of piperidine rings is 1. The Morgan fingerprint density at radius 3 is 2.74 bits per heavy atom. The molecule has 2 N–H and O–H groups in total. The van der Waals surface area contributed by atoms with Gasteiger partial charge in [-0.25, -0.2) is 4.98 Å². The minimum Gasteiger partial charge on any atom is -0.365 e. The fourth-order valence-corrected chi connectivity index (χ4v) is 3.66. The Balaban J connectivity index is 1.87. The van der Waals surface area contributed by atoms with Gasteiger partial charge in [0.2, 0.25) is 0 Å². The standard InChI is InChI=1S/C16H18N4O2S/c1-10-5-6-11(8-18-10)16(22)20-7-3-2-4-12(20)15-19-9-13(23-15)14(17)21/h5-6,8-9,12H,2-4,7H2,1H3,(H2,17,21)/t12-/m1/s1. The summed E-state index contributed by atoms with van der Waals surface area (Å²) in [5.74, 6) is -0.525. The molecule has 1 fully saturated rings. The largest absolute Gasteiger partial charge is 0.365 e. The summed E-state index contributed by atoms with van der Waals surface area (Å²) in [4.78, 5) is 34.8. The Hall–Kier alpha value is -2.28. The third-order valence-electron chi connectivity index (χ3n) is 3.97. The lowest BCUT2D eigenvalue weighted by Crippen LogP contribution is -2.38. The molecule has 6 nitrogen and oxygen atoms in total. The molecule has 0 unspecified atom stereocenters. The molecule has 0 aliphatic carbocycles. The highest BCUT2D eigenvalue weighted by atomic mass is 32.1. The highest BCUT2D eigenvalue weighted by Gasteiger charge is 2.31. The first-order chi connectivity index (χ1) is 11.1. The summed E-state index contributed by atoms with van der Waals surface area (Å²) in [6.45, 7) is 2.57. The maximum atomic E-state index is 12.8. The summed E-state index contributed by atoms with van der Waals surface area (Å²) < 4.78 is 0. The Morgan fingerprint density at radius 1 is 1.26 bits per heavy atom. The van der Waals surface area contributed by atoms with Gasteiger partial charge in [-0.15, -0.1) is 11.3 Å². The number of primary amides is 1. The Morgan fingerprint density at radius 2 is 2.09 bits per heavy atom. The van der Waals surface area contributed by atoms with Gasteiger partial charge < -0.3 is 10.6 Å². The van der Waals surface area contributed by atoms with Crippen LogP contribution in [-0.2, 0) is 0 Å². The molecule has 120 valence electrons. The van der Waals surface area contributed by atoms with Gasteiger partial charge in [-0.1, -0.05) is 0 Å². The molecular formula is C16H18N4O2S. The van der Waals surface area contributed by atoms with Crippen LogP contribution in [-0.4, -0.2) is 33.2 Å². The molecule has 0 spiro atoms. The van der Waals surface area contributed by atoms with Gasteiger partial charge in [0.25, 0.3) is 11.8 Å². The number of pyridine rings is 1. The predicted molar refractivity (Wildman–Crippen MR) is 87.2 cm³/mol. The maximum absolute atomic E-state index is 12.8. The molecule has 2 aromatic rings. The van der Waals surface area contributed by atoms with Gasteiger partial charge in [-0.2, -0.15) is 0 Å². The van der Waals surface area contributed by atoms with E-state index in [2.05, 4.69) is 9.97 Å². The number of aryl methyl sites for hydroxylation is 1. The zero-order valence-corrected chi connectivity index (χ0v) is 13.7. The van der Waals surface area contributed by atoms with Gasteiger partial charge in [-0.3, -0.25) is 14.6 Å². The van der Waals surface area contributed by atoms with Crippen LogP contribution in [0.15, 0.2) is 24.5 Å². The number of nitrogens with two attached hydrogens (primary N) is 1. The molecule has 0 aromatic carbocycles. The summed E-state index contributed by atoms with van der Waals surface area (Å²) in [7, 11) is 0. The van der Waals surface area contributed by atoms with Crippen LogP contribution in [0.3, 0.4) is 0 Å². The molecule has 2 aromatic heterocycles. The minimum absolute atomic E-state index is 0.0435. The third-order valence-corrected chi connectivity index (χ3v) is 5.09. The van der Waals surface area contributed by atoms with E-state index in [9.17, 15) is 9.59 Å². The second kappa shape index (κ2) is 6.45. The van der Waals surface area contributed by atoms with Crippen LogP contribution in [0.5, 0.6) is 0 Å². The highest BCUT2D eigenvalue weighted by molar-refractivity contribution is 7.13. The molecular weight excluding hydrogens is 312 g/mol. The van der Waals surface area contributed by atoms with E-state index in [0.717, 1.165) is 30.0 Å². The van der Waals surface area contributed by atoms with Crippen molar-refractivity contribution in [3.8, 4) is 0 Å². The van der Waals surface area contributed by atoms with Gasteiger partial charge >= 0.3 is 0 Å². The number of carbonyl (C=O) groups excluding carboxylic acids is 2. The van der Waals surface area contributed by atoms with E-state index in [-0.39, 0.29) is 11.9 Å². The van der Waals surface area contributed by atoms with Gasteiger partial charge in [0.1, 0.15) is 9.88 Å². The van der Waals surface area contributed by atoms with Crippen LogP contribution < -0.4 is 5.73 Å². The van der Waals surface area contributed by atoms with Crippen LogP contribution in [0, 0.1) is 6.92 Å². The molecule has 0 radical (unpaired) electrons. The van der Waals surface area contributed by atoms with Crippen LogP contribution in [0.2, 0.25) is 0 Å². The second-order valence-electron chi connectivity index (χ2n) is 5.63. The summed E-state index contributed by atoms with van der Waals surface area (Å²) >= 11 is 1.27. The Labute approximate surface area is 138 Å². The zero-order valence-electron chi connectivity index (χ0n) is 12.9. The topological polar surface area (TPSA) is 89.2 Å². The first-order valence-electron chi connectivity index (χ1n) is 7.55. The molecule has 1 atom stereocenters. The second-order valence-corrected chi connectivity index (χ2v) is 6.69. The van der Waals surface area contributed by atoms with Crippen LogP contribution in [0.25, 0.3) is 0 Å². The summed E-state index contributed by atoms with van der Waals surface area (Å²) in [5.41, 5.74) is 6.75. The van der Waals surface area contributed by atoms with Gasteiger partial charge in [0.15, 0.2) is 0 Å². The van der Waals surface area contributed by atoms with Crippen molar-refractivity contribution >= 4 is 23.2 Å². The highest BCUT2D eigenvalue weighted by Crippen LogP contribution is 2.34. The van der Waals surface area contributed by atoms with Crippen molar-refractivity contribution < 1.29 is 9.59 Å². The number of carbonyl (C=O) groups is 2. The van der Waals surface area contributed by atoms with Gasteiger partial charge in [0, 0.05) is 18.4 Å². The van der Waals surface area contributed by atoms with E-state index in [0.29, 0.717) is 17.0 Å². The fourth-order valence-electron chi connectivity index (χ4n) is 2.75. The number of hydrogen-bond donors (Lipinski definition) is 1. The third kappa shape index (κ3) is 3.24. The van der Waals surface area contributed by atoms with Crippen molar-refractivity contribution in [3.63, 3.8) is 0 Å². The number of hydrogen-bond acceptors (Lipinski definition) is 5. The van der Waals surface area contributed by atoms with Crippen molar-refractivity contribution in [2.45, 2.75) is 32.2 Å². The number of amides is 2. The number of nitrogens with zero attached hydrogens (tertiary/aromatic N) is 3. The first kappa shape index (κ1) is 15.6. The quantitative estimate of drug-likeness (QED) is 0.935. The fraction of sp³-hybridized carbons (Fsp3) is 0.375. The Kier molecular flexibility index (Phi) is 4.38. The lowest BCUT2D eigenvalue weighted by atomic mass is 10.0. The molecule has 23 heavy (non-hydrogen) atoms. The van der Waals surface area contributed by atoms with Crippen LogP contribution >= 0.6 is 11.3 Å². The molecule has 1 aliphatic rings. The molecule has 1 saturated heterocycles. The minimum atomic E-state index is -0.481. The number of thiazole rings is 1. The van der Waals surface area contributed by atoms with E-state index in [4.69, 9.17) is 5.73 Å². The average molecular weight is 330 g/mol. The molecule has 2 amide bonds. The molecule has 3 rings (SSSR count). The monoisotopic (exact) mass is 330 g/mol. The van der Waals surface area contributed by atoms with Crippen molar-refractivity contribution in [1.82, 2.24) is 14.9 Å². The molecule has 1 aliphatic heterocycles. The molecule has 3 heterocycles. The Bertz CT molecular complexity index is 726. The zero-order chi connectivity index (χ0) is 16.4. The lowest BCUT2D eigenvalue weighted by molar-refractivity contribution is 0.0610. The van der Waals surface area contributed by atoms with Gasteiger partial charge in [0.05, 0.1) is 17.8 Å². The molecule has 7 heteroatoms. The van der Waals surface area contributed by atoms with E-state index in [1.807, 2.05) is 17.9 Å².